The van der Waals surface area contributed by atoms with E-state index in [1.807, 2.05) is 6.92 Å². The van der Waals surface area contributed by atoms with Crippen molar-refractivity contribution in [2.24, 2.45) is 0 Å². The number of alkyl halides is 3. The van der Waals surface area contributed by atoms with Crippen LogP contribution in [0.25, 0.3) is 0 Å². The molecule has 0 amide bonds. The van der Waals surface area contributed by atoms with E-state index in [1.54, 1.807) is 13.0 Å². The topological polar surface area (TPSA) is 25.2 Å². The third-order valence-corrected chi connectivity index (χ3v) is 3.12. The van der Waals surface area contributed by atoms with Crippen molar-refractivity contribution < 1.29 is 22.0 Å². The zero-order valence-corrected chi connectivity index (χ0v) is 11.6. The van der Waals surface area contributed by atoms with Crippen LogP contribution in [0.3, 0.4) is 0 Å². The Morgan fingerprint density at radius 2 is 1.90 bits per heavy atom. The molecule has 1 atom stereocenters. The second-order valence-corrected chi connectivity index (χ2v) is 4.72. The van der Waals surface area contributed by atoms with Crippen molar-refractivity contribution in [2.45, 2.75) is 26.1 Å². The summed E-state index contributed by atoms with van der Waals surface area (Å²) in [6.45, 7) is 4.14. The normalized spacial score (nSPS) is 13.4. The van der Waals surface area contributed by atoms with Gasteiger partial charge in [0.05, 0.1) is 17.9 Å². The van der Waals surface area contributed by atoms with Crippen LogP contribution >= 0.6 is 0 Å². The Morgan fingerprint density at radius 3 is 2.43 bits per heavy atom. The zero-order chi connectivity index (χ0) is 15.6. The van der Waals surface area contributed by atoms with Gasteiger partial charge in [0.2, 0.25) is 0 Å². The summed E-state index contributed by atoms with van der Waals surface area (Å²) < 4.78 is 57.0. The van der Waals surface area contributed by atoms with E-state index in [-0.39, 0.29) is 0 Å². The maximum Gasteiger partial charge on any atom is 0.419 e. The van der Waals surface area contributed by atoms with Crippen LogP contribution in [0.1, 0.15) is 35.4 Å². The molecule has 0 aliphatic rings. The van der Waals surface area contributed by atoms with Crippen LogP contribution in [0, 0.1) is 12.7 Å². The van der Waals surface area contributed by atoms with Gasteiger partial charge < -0.3 is 9.73 Å². The lowest BCUT2D eigenvalue weighted by Crippen LogP contribution is -2.22. The SMILES string of the molecule is CCNC(c1coc(C)c1)c1ccc(F)c(C(F)(F)F)c1. The van der Waals surface area contributed by atoms with Crippen LogP contribution in [0.2, 0.25) is 0 Å². The van der Waals surface area contributed by atoms with Crippen LogP contribution in [-0.2, 0) is 6.18 Å². The highest BCUT2D eigenvalue weighted by Crippen LogP contribution is 2.34. The van der Waals surface area contributed by atoms with Crippen molar-refractivity contribution in [3.05, 3.63) is 58.8 Å². The molecule has 0 fully saturated rings. The Hall–Kier alpha value is -1.82. The van der Waals surface area contributed by atoms with Gasteiger partial charge in [0.1, 0.15) is 11.6 Å². The van der Waals surface area contributed by atoms with Crippen LogP contribution < -0.4 is 5.32 Å². The third-order valence-electron chi connectivity index (χ3n) is 3.12. The predicted molar refractivity (Wildman–Crippen MR) is 70.4 cm³/mol. The largest absolute Gasteiger partial charge is 0.469 e. The van der Waals surface area contributed by atoms with E-state index in [9.17, 15) is 17.6 Å². The summed E-state index contributed by atoms with van der Waals surface area (Å²) in [4.78, 5) is 0. The minimum absolute atomic E-state index is 0.339. The first kappa shape index (κ1) is 15.6. The average Bonchev–Trinajstić information content (AvgIpc) is 2.82. The fourth-order valence-corrected chi connectivity index (χ4v) is 2.19. The van der Waals surface area contributed by atoms with E-state index in [1.165, 1.54) is 12.3 Å². The molecule has 1 aromatic carbocycles. The van der Waals surface area contributed by atoms with Crippen molar-refractivity contribution >= 4 is 0 Å². The van der Waals surface area contributed by atoms with E-state index in [2.05, 4.69) is 5.32 Å². The van der Waals surface area contributed by atoms with Gasteiger partial charge in [-0.3, -0.25) is 0 Å². The van der Waals surface area contributed by atoms with Gasteiger partial charge in [-0.25, -0.2) is 4.39 Å². The Balaban J connectivity index is 2.46. The number of hydrogen-bond donors (Lipinski definition) is 1. The van der Waals surface area contributed by atoms with Gasteiger partial charge in [0, 0.05) is 5.56 Å². The zero-order valence-electron chi connectivity index (χ0n) is 11.6. The van der Waals surface area contributed by atoms with Gasteiger partial charge in [0.15, 0.2) is 0 Å². The highest BCUT2D eigenvalue weighted by Gasteiger charge is 2.34. The van der Waals surface area contributed by atoms with Crippen LogP contribution in [0.15, 0.2) is 34.9 Å². The molecule has 2 rings (SSSR count). The maximum atomic E-state index is 13.4. The highest BCUT2D eigenvalue weighted by atomic mass is 19.4. The lowest BCUT2D eigenvalue weighted by molar-refractivity contribution is -0.140. The number of halogens is 4. The van der Waals surface area contributed by atoms with Gasteiger partial charge in [-0.05, 0) is 37.2 Å². The van der Waals surface area contributed by atoms with Crippen molar-refractivity contribution in [1.82, 2.24) is 5.32 Å². The van der Waals surface area contributed by atoms with Gasteiger partial charge >= 0.3 is 6.18 Å². The van der Waals surface area contributed by atoms with Gasteiger partial charge in [-0.1, -0.05) is 13.0 Å². The molecule has 0 spiro atoms. The molecule has 21 heavy (non-hydrogen) atoms. The molecule has 0 aliphatic heterocycles. The fraction of sp³-hybridized carbons (Fsp3) is 0.333. The van der Waals surface area contributed by atoms with Crippen molar-refractivity contribution in [2.75, 3.05) is 6.54 Å². The number of nitrogens with one attached hydrogen (secondary N) is 1. The van der Waals surface area contributed by atoms with Crippen LogP contribution in [-0.4, -0.2) is 6.54 Å². The van der Waals surface area contributed by atoms with Crippen molar-refractivity contribution in [3.63, 3.8) is 0 Å². The molecule has 0 aliphatic carbocycles. The van der Waals surface area contributed by atoms with Crippen LogP contribution in [0.4, 0.5) is 17.6 Å². The molecule has 0 bridgehead atoms. The molecule has 0 saturated carbocycles. The number of rotatable bonds is 4. The Labute approximate surface area is 119 Å². The summed E-state index contributed by atoms with van der Waals surface area (Å²) in [5.41, 5.74) is -0.219. The highest BCUT2D eigenvalue weighted by molar-refractivity contribution is 5.35. The third kappa shape index (κ3) is 3.44. The monoisotopic (exact) mass is 301 g/mol. The molecule has 114 valence electrons. The molecule has 1 heterocycles. The molecule has 0 saturated heterocycles. The number of aryl methyl sites for hydroxylation is 1. The number of benzene rings is 1. The van der Waals surface area contributed by atoms with Crippen LogP contribution in [0.5, 0.6) is 0 Å². The van der Waals surface area contributed by atoms with Gasteiger partial charge in [-0.15, -0.1) is 0 Å². The first-order chi connectivity index (χ1) is 9.82. The van der Waals surface area contributed by atoms with E-state index in [0.29, 0.717) is 23.4 Å². The molecule has 1 N–H and O–H groups in total. The minimum atomic E-state index is -4.72. The molecule has 0 radical (unpaired) electrons. The number of hydrogen-bond acceptors (Lipinski definition) is 2. The molecular weight excluding hydrogens is 286 g/mol. The summed E-state index contributed by atoms with van der Waals surface area (Å²) in [7, 11) is 0. The van der Waals surface area contributed by atoms with E-state index in [4.69, 9.17) is 4.42 Å². The average molecular weight is 301 g/mol. The molecule has 1 unspecified atom stereocenters. The summed E-state index contributed by atoms with van der Waals surface area (Å²) in [6.07, 6.45) is -3.23. The standard InChI is InChI=1S/C15H15F4NO/c1-3-20-14(11-6-9(2)21-8-11)10-4-5-13(16)12(7-10)15(17,18)19/h4-8,14,20H,3H2,1-2H3. The lowest BCUT2D eigenvalue weighted by atomic mass is 9.98. The van der Waals surface area contributed by atoms with E-state index < -0.39 is 23.6 Å². The van der Waals surface area contributed by atoms with Gasteiger partial charge in [-0.2, -0.15) is 13.2 Å². The van der Waals surface area contributed by atoms with Crippen molar-refractivity contribution in [1.29, 1.82) is 0 Å². The number of furan rings is 1. The molecular formula is C15H15F4NO. The Kier molecular flexibility index (Phi) is 4.37. The first-order valence-electron chi connectivity index (χ1n) is 6.48. The van der Waals surface area contributed by atoms with E-state index in [0.717, 1.165) is 12.1 Å². The second-order valence-electron chi connectivity index (χ2n) is 4.72. The summed E-state index contributed by atoms with van der Waals surface area (Å²) in [5, 5.41) is 3.08. The molecule has 6 heteroatoms. The maximum absolute atomic E-state index is 13.4. The summed E-state index contributed by atoms with van der Waals surface area (Å²) in [6, 6.07) is 4.29. The first-order valence-corrected chi connectivity index (χ1v) is 6.48. The summed E-state index contributed by atoms with van der Waals surface area (Å²) >= 11 is 0. The minimum Gasteiger partial charge on any atom is -0.469 e. The van der Waals surface area contributed by atoms with Gasteiger partial charge in [0.25, 0.3) is 0 Å². The Morgan fingerprint density at radius 1 is 1.19 bits per heavy atom. The second kappa shape index (κ2) is 5.89. The Bertz CT molecular complexity index is 618. The smallest absolute Gasteiger partial charge is 0.419 e. The summed E-state index contributed by atoms with van der Waals surface area (Å²) in [5.74, 6) is -0.615. The fourth-order valence-electron chi connectivity index (χ4n) is 2.19. The molecule has 1 aromatic heterocycles. The predicted octanol–water partition coefficient (Wildman–Crippen LogP) is 4.44. The van der Waals surface area contributed by atoms with E-state index >= 15 is 0 Å². The lowest BCUT2D eigenvalue weighted by Gasteiger charge is -2.18. The molecule has 2 aromatic rings. The van der Waals surface area contributed by atoms with Crippen molar-refractivity contribution in [3.8, 4) is 0 Å². The molecule has 2 nitrogen and oxygen atoms in total. The quantitative estimate of drug-likeness (QED) is 0.844.